The predicted octanol–water partition coefficient (Wildman–Crippen LogP) is 3.18. The van der Waals surface area contributed by atoms with Crippen LogP contribution in [0.25, 0.3) is 0 Å². The van der Waals surface area contributed by atoms with E-state index in [1.165, 1.54) is 6.33 Å². The lowest BCUT2D eigenvalue weighted by Gasteiger charge is -2.34. The third kappa shape index (κ3) is 3.83. The second-order valence-corrected chi connectivity index (χ2v) is 8.22. The van der Waals surface area contributed by atoms with Crippen LogP contribution in [0.2, 0.25) is 0 Å². The van der Waals surface area contributed by atoms with Gasteiger partial charge in [-0.05, 0) is 19.3 Å². The summed E-state index contributed by atoms with van der Waals surface area (Å²) >= 11 is 1.69. The number of likely N-dealkylation sites (tertiary alicyclic amines) is 1. The minimum Gasteiger partial charge on any atom is -0.333 e. The molecule has 0 aliphatic carbocycles. The average Bonchev–Trinajstić information content (AvgIpc) is 3.23. The van der Waals surface area contributed by atoms with Crippen LogP contribution in [0.1, 0.15) is 63.2 Å². The van der Waals surface area contributed by atoms with E-state index in [1.807, 2.05) is 4.90 Å². The van der Waals surface area contributed by atoms with E-state index in [9.17, 15) is 4.79 Å². The topological polar surface area (TPSA) is 63.9 Å². The molecule has 24 heavy (non-hydrogen) atoms. The lowest BCUT2D eigenvalue weighted by Crippen LogP contribution is -2.39. The molecule has 3 rings (SSSR count). The Labute approximate surface area is 146 Å². The standard InChI is InChI=1S/C17H25N5OS/c1-17(2,3)14-10-24-16(20-14)13-6-4-5-8-22(13)15(23)7-9-21-12-18-11-19-21/h10-13H,4-9H2,1-3H3/t13-/m0/s1. The van der Waals surface area contributed by atoms with Gasteiger partial charge < -0.3 is 4.90 Å². The van der Waals surface area contributed by atoms with Crippen molar-refractivity contribution in [1.82, 2.24) is 24.6 Å². The molecule has 2 aromatic heterocycles. The average molecular weight is 347 g/mol. The van der Waals surface area contributed by atoms with Gasteiger partial charge in [0, 0.05) is 23.8 Å². The summed E-state index contributed by atoms with van der Waals surface area (Å²) in [4.78, 5) is 23.5. The summed E-state index contributed by atoms with van der Waals surface area (Å²) in [5.74, 6) is 0.183. The second-order valence-electron chi connectivity index (χ2n) is 7.33. The molecular formula is C17H25N5OS. The van der Waals surface area contributed by atoms with Gasteiger partial charge in [0.2, 0.25) is 5.91 Å². The van der Waals surface area contributed by atoms with Gasteiger partial charge in [-0.1, -0.05) is 20.8 Å². The Morgan fingerprint density at radius 2 is 2.21 bits per heavy atom. The summed E-state index contributed by atoms with van der Waals surface area (Å²) in [5.41, 5.74) is 1.16. The van der Waals surface area contributed by atoms with Crippen molar-refractivity contribution in [2.75, 3.05) is 6.54 Å². The summed E-state index contributed by atoms with van der Waals surface area (Å²) in [7, 11) is 0. The fourth-order valence-electron chi connectivity index (χ4n) is 2.97. The highest BCUT2D eigenvalue weighted by Gasteiger charge is 2.30. The first kappa shape index (κ1) is 17.1. The summed E-state index contributed by atoms with van der Waals surface area (Å²) < 4.78 is 1.71. The zero-order valence-corrected chi connectivity index (χ0v) is 15.4. The SMILES string of the molecule is CC(C)(C)c1csc([C@@H]2CCCCN2C(=O)CCn2cncn2)n1. The van der Waals surface area contributed by atoms with Crippen molar-refractivity contribution in [3.63, 3.8) is 0 Å². The monoisotopic (exact) mass is 347 g/mol. The molecule has 7 heteroatoms. The van der Waals surface area contributed by atoms with Crippen molar-refractivity contribution >= 4 is 17.2 Å². The van der Waals surface area contributed by atoms with Crippen LogP contribution in [0.15, 0.2) is 18.0 Å². The number of aromatic nitrogens is 4. The number of hydrogen-bond donors (Lipinski definition) is 0. The summed E-state index contributed by atoms with van der Waals surface area (Å²) in [6, 6.07) is 0.128. The quantitative estimate of drug-likeness (QED) is 0.852. The molecule has 0 radical (unpaired) electrons. The van der Waals surface area contributed by atoms with E-state index in [0.717, 1.165) is 36.5 Å². The van der Waals surface area contributed by atoms with Gasteiger partial charge in [-0.2, -0.15) is 5.10 Å². The Kier molecular flexibility index (Phi) is 4.99. The number of thiazole rings is 1. The third-order valence-electron chi connectivity index (χ3n) is 4.42. The summed E-state index contributed by atoms with van der Waals surface area (Å²) in [5, 5.41) is 7.28. The molecule has 1 saturated heterocycles. The van der Waals surface area contributed by atoms with Crippen LogP contribution in [0.4, 0.5) is 0 Å². The van der Waals surface area contributed by atoms with Crippen molar-refractivity contribution in [1.29, 1.82) is 0 Å². The smallest absolute Gasteiger partial charge is 0.225 e. The van der Waals surface area contributed by atoms with Gasteiger partial charge >= 0.3 is 0 Å². The summed E-state index contributed by atoms with van der Waals surface area (Å²) in [6.07, 6.45) is 6.84. The van der Waals surface area contributed by atoms with E-state index >= 15 is 0 Å². The largest absolute Gasteiger partial charge is 0.333 e. The molecule has 0 unspecified atom stereocenters. The van der Waals surface area contributed by atoms with Crippen LogP contribution in [-0.4, -0.2) is 37.1 Å². The molecule has 1 aliphatic rings. The van der Waals surface area contributed by atoms with Crippen molar-refractivity contribution < 1.29 is 4.79 Å². The lowest BCUT2D eigenvalue weighted by atomic mass is 9.93. The maximum absolute atomic E-state index is 12.7. The molecule has 0 N–H and O–H groups in total. The molecule has 1 aliphatic heterocycles. The van der Waals surface area contributed by atoms with Crippen molar-refractivity contribution in [2.45, 2.75) is 64.5 Å². The van der Waals surface area contributed by atoms with E-state index in [-0.39, 0.29) is 17.4 Å². The first-order chi connectivity index (χ1) is 11.4. The van der Waals surface area contributed by atoms with Gasteiger partial charge in [0.1, 0.15) is 17.7 Å². The number of carbonyl (C=O) groups is 1. The summed E-state index contributed by atoms with van der Waals surface area (Å²) in [6.45, 7) is 7.92. The Morgan fingerprint density at radius 1 is 1.38 bits per heavy atom. The van der Waals surface area contributed by atoms with Crippen LogP contribution in [-0.2, 0) is 16.8 Å². The maximum atomic E-state index is 12.7. The number of carbonyl (C=O) groups excluding carboxylic acids is 1. The number of piperidine rings is 1. The number of rotatable bonds is 4. The number of aryl methyl sites for hydroxylation is 1. The fraction of sp³-hybridized carbons (Fsp3) is 0.647. The van der Waals surface area contributed by atoms with Crippen molar-refractivity contribution in [3.05, 3.63) is 28.7 Å². The minimum absolute atomic E-state index is 0.0470. The van der Waals surface area contributed by atoms with Crippen molar-refractivity contribution in [2.24, 2.45) is 0 Å². The molecule has 0 bridgehead atoms. The van der Waals surface area contributed by atoms with E-state index in [4.69, 9.17) is 4.98 Å². The van der Waals surface area contributed by atoms with E-state index in [2.05, 4.69) is 36.2 Å². The Balaban J connectivity index is 1.70. The molecule has 0 aromatic carbocycles. The Bertz CT molecular complexity index is 673. The van der Waals surface area contributed by atoms with Gasteiger partial charge in [-0.15, -0.1) is 11.3 Å². The molecule has 1 atom stereocenters. The predicted molar refractivity (Wildman–Crippen MR) is 93.8 cm³/mol. The van der Waals surface area contributed by atoms with Gasteiger partial charge in [-0.25, -0.2) is 9.97 Å². The second kappa shape index (κ2) is 7.01. The van der Waals surface area contributed by atoms with Crippen molar-refractivity contribution in [3.8, 4) is 0 Å². The van der Waals surface area contributed by atoms with E-state index < -0.39 is 0 Å². The Morgan fingerprint density at radius 3 is 2.88 bits per heavy atom. The highest BCUT2D eigenvalue weighted by atomic mass is 32.1. The number of amides is 1. The number of nitrogens with zero attached hydrogens (tertiary/aromatic N) is 5. The fourth-order valence-corrected chi connectivity index (χ4v) is 4.17. The molecule has 130 valence electrons. The first-order valence-corrected chi connectivity index (χ1v) is 9.41. The molecule has 6 nitrogen and oxygen atoms in total. The number of hydrogen-bond acceptors (Lipinski definition) is 5. The molecule has 2 aromatic rings. The van der Waals surface area contributed by atoms with Crippen LogP contribution < -0.4 is 0 Å². The highest BCUT2D eigenvalue weighted by molar-refractivity contribution is 7.09. The molecule has 0 spiro atoms. The zero-order chi connectivity index (χ0) is 17.2. The van der Waals surface area contributed by atoms with E-state index in [0.29, 0.717) is 13.0 Å². The van der Waals surface area contributed by atoms with Gasteiger partial charge in [0.05, 0.1) is 18.3 Å². The minimum atomic E-state index is 0.0470. The van der Waals surface area contributed by atoms with Crippen LogP contribution in [0, 0.1) is 0 Å². The van der Waals surface area contributed by atoms with Gasteiger partial charge in [-0.3, -0.25) is 9.48 Å². The molecule has 3 heterocycles. The van der Waals surface area contributed by atoms with Crippen LogP contribution in [0.3, 0.4) is 0 Å². The maximum Gasteiger partial charge on any atom is 0.225 e. The highest BCUT2D eigenvalue weighted by Crippen LogP contribution is 2.35. The van der Waals surface area contributed by atoms with E-state index in [1.54, 1.807) is 22.3 Å². The van der Waals surface area contributed by atoms with Crippen LogP contribution in [0.5, 0.6) is 0 Å². The molecule has 1 amide bonds. The van der Waals surface area contributed by atoms with Gasteiger partial charge in [0.25, 0.3) is 0 Å². The van der Waals surface area contributed by atoms with Crippen LogP contribution >= 0.6 is 11.3 Å². The normalized spacial score (nSPS) is 18.8. The molecule has 0 saturated carbocycles. The van der Waals surface area contributed by atoms with Gasteiger partial charge in [0.15, 0.2) is 0 Å². The molecule has 1 fully saturated rings. The zero-order valence-electron chi connectivity index (χ0n) is 14.6. The first-order valence-electron chi connectivity index (χ1n) is 8.53. The third-order valence-corrected chi connectivity index (χ3v) is 5.37. The molecular weight excluding hydrogens is 322 g/mol. The Hall–Kier alpha value is -1.76. The lowest BCUT2D eigenvalue weighted by molar-refractivity contribution is -0.135.